The monoisotopic (exact) mass is 489 g/mol. The number of carbonyl (C=O) groups excluding carboxylic acids is 3. The lowest BCUT2D eigenvalue weighted by Crippen LogP contribution is -2.45. The normalized spacial score (nSPS) is 11.2. The minimum Gasteiger partial charge on any atom is -0.497 e. The number of anilines is 1. The molecule has 0 saturated heterocycles. The van der Waals surface area contributed by atoms with E-state index in [1.54, 1.807) is 61.3 Å². The average Bonchev–Trinajstić information content (AvgIpc) is 2.86. The average molecular weight is 490 g/mol. The zero-order valence-electron chi connectivity index (χ0n) is 19.8. The van der Waals surface area contributed by atoms with E-state index < -0.39 is 6.04 Å². The van der Waals surface area contributed by atoms with Crippen LogP contribution in [0.4, 0.5) is 5.69 Å². The molecule has 184 valence electrons. The summed E-state index contributed by atoms with van der Waals surface area (Å²) in [6.45, 7) is 0.119. The number of hydrogen-bond acceptors (Lipinski definition) is 7. The molecule has 3 amide bonds. The minimum atomic E-state index is -0.691. The van der Waals surface area contributed by atoms with Crippen LogP contribution in [0.3, 0.4) is 0 Å². The predicted octanol–water partition coefficient (Wildman–Crippen LogP) is 2.71. The van der Waals surface area contributed by atoms with Crippen LogP contribution in [0.2, 0.25) is 0 Å². The van der Waals surface area contributed by atoms with Crippen molar-refractivity contribution in [2.24, 2.45) is 0 Å². The second kappa shape index (κ2) is 14.0. The number of thioether (sulfide) groups is 1. The lowest BCUT2D eigenvalue weighted by Gasteiger charge is -2.18. The first-order valence-electron chi connectivity index (χ1n) is 10.6. The topological polar surface area (TPSA) is 115 Å². The molecule has 0 aliphatic rings. The molecule has 0 unspecified atom stereocenters. The zero-order valence-corrected chi connectivity index (χ0v) is 20.6. The van der Waals surface area contributed by atoms with Crippen molar-refractivity contribution in [3.63, 3.8) is 0 Å². The highest BCUT2D eigenvalue weighted by Gasteiger charge is 2.21. The fourth-order valence-electron chi connectivity index (χ4n) is 3.04. The fraction of sp³-hybridized carbons (Fsp3) is 0.375. The Morgan fingerprint density at radius 1 is 0.941 bits per heavy atom. The molecule has 1 atom stereocenters. The Morgan fingerprint density at radius 3 is 2.26 bits per heavy atom. The Morgan fingerprint density at radius 2 is 1.65 bits per heavy atom. The van der Waals surface area contributed by atoms with Gasteiger partial charge >= 0.3 is 0 Å². The summed E-state index contributed by atoms with van der Waals surface area (Å²) in [6, 6.07) is 11.1. The second-order valence-electron chi connectivity index (χ2n) is 7.19. The summed E-state index contributed by atoms with van der Waals surface area (Å²) in [6.07, 6.45) is 2.45. The van der Waals surface area contributed by atoms with Crippen LogP contribution in [-0.4, -0.2) is 63.6 Å². The van der Waals surface area contributed by atoms with Crippen molar-refractivity contribution in [3.8, 4) is 17.2 Å². The molecule has 9 nitrogen and oxygen atoms in total. The quantitative estimate of drug-likeness (QED) is 0.396. The van der Waals surface area contributed by atoms with Crippen LogP contribution in [0.1, 0.15) is 23.2 Å². The van der Waals surface area contributed by atoms with Gasteiger partial charge in [-0.15, -0.1) is 0 Å². The van der Waals surface area contributed by atoms with Crippen molar-refractivity contribution < 1.29 is 28.6 Å². The number of carbonyl (C=O) groups is 3. The van der Waals surface area contributed by atoms with Crippen LogP contribution >= 0.6 is 11.8 Å². The molecule has 0 aliphatic heterocycles. The zero-order chi connectivity index (χ0) is 24.9. The maximum Gasteiger partial charge on any atom is 0.251 e. The van der Waals surface area contributed by atoms with Gasteiger partial charge in [0.05, 0.1) is 21.3 Å². The molecule has 0 aliphatic carbocycles. The highest BCUT2D eigenvalue weighted by molar-refractivity contribution is 7.98. The van der Waals surface area contributed by atoms with Gasteiger partial charge in [-0.25, -0.2) is 0 Å². The maximum absolute atomic E-state index is 12.7. The Bertz CT molecular complexity index is 968. The van der Waals surface area contributed by atoms with E-state index in [0.717, 1.165) is 0 Å². The Balaban J connectivity index is 1.88. The highest BCUT2D eigenvalue weighted by Crippen LogP contribution is 2.27. The molecule has 0 heterocycles. The smallest absolute Gasteiger partial charge is 0.251 e. The molecule has 2 aromatic rings. The summed E-state index contributed by atoms with van der Waals surface area (Å²) < 4.78 is 15.5. The minimum absolute atomic E-state index is 0.0324. The van der Waals surface area contributed by atoms with Crippen molar-refractivity contribution in [2.75, 3.05) is 45.2 Å². The van der Waals surface area contributed by atoms with Crippen molar-refractivity contribution >= 4 is 35.2 Å². The van der Waals surface area contributed by atoms with Crippen LogP contribution < -0.4 is 30.2 Å². The van der Waals surface area contributed by atoms with Gasteiger partial charge in [0.15, 0.2) is 11.5 Å². The summed E-state index contributed by atoms with van der Waals surface area (Å²) in [5.41, 5.74) is 0.992. The van der Waals surface area contributed by atoms with Crippen molar-refractivity contribution in [1.29, 1.82) is 0 Å². The number of benzene rings is 2. The predicted molar refractivity (Wildman–Crippen MR) is 133 cm³/mol. The molecule has 2 rings (SSSR count). The molecule has 0 fully saturated rings. The van der Waals surface area contributed by atoms with E-state index in [2.05, 4.69) is 16.0 Å². The van der Waals surface area contributed by atoms with E-state index in [4.69, 9.17) is 14.2 Å². The number of amides is 3. The Kier molecular flexibility index (Phi) is 11.0. The van der Waals surface area contributed by atoms with E-state index in [-0.39, 0.29) is 30.7 Å². The molecular formula is C24H31N3O6S. The third kappa shape index (κ3) is 8.18. The van der Waals surface area contributed by atoms with Gasteiger partial charge < -0.3 is 30.2 Å². The SMILES string of the molecule is COc1ccc(NC(=O)[C@@H](CCSC)NC(=O)CCNC(=O)c2ccc(OC)c(OC)c2)cc1. The Labute approximate surface area is 203 Å². The van der Waals surface area contributed by atoms with Crippen LogP contribution in [0.15, 0.2) is 42.5 Å². The summed E-state index contributed by atoms with van der Waals surface area (Å²) in [7, 11) is 4.57. The van der Waals surface area contributed by atoms with Gasteiger partial charge in [0, 0.05) is 24.2 Å². The number of nitrogens with one attached hydrogen (secondary N) is 3. The summed E-state index contributed by atoms with van der Waals surface area (Å²) in [5.74, 6) is 1.36. The standard InChI is InChI=1S/C24H31N3O6S/c1-31-18-8-6-17(7-9-18)26-24(30)19(12-14-34-4)27-22(28)11-13-25-23(29)16-5-10-20(32-2)21(15-16)33-3/h5-10,15,19H,11-14H2,1-4H3,(H,25,29)(H,26,30)(H,27,28)/t19-/m1/s1. The number of methoxy groups -OCH3 is 3. The summed E-state index contributed by atoms with van der Waals surface area (Å²) >= 11 is 1.59. The lowest BCUT2D eigenvalue weighted by atomic mass is 10.1. The summed E-state index contributed by atoms with van der Waals surface area (Å²) in [5, 5.41) is 8.28. The van der Waals surface area contributed by atoms with E-state index in [9.17, 15) is 14.4 Å². The van der Waals surface area contributed by atoms with Gasteiger partial charge in [0.25, 0.3) is 5.91 Å². The Hall–Kier alpha value is -3.40. The van der Waals surface area contributed by atoms with E-state index >= 15 is 0 Å². The van der Waals surface area contributed by atoms with E-state index in [1.807, 2.05) is 6.26 Å². The number of hydrogen-bond donors (Lipinski definition) is 3. The molecule has 2 aromatic carbocycles. The van der Waals surface area contributed by atoms with Crippen molar-refractivity contribution in [3.05, 3.63) is 48.0 Å². The van der Waals surface area contributed by atoms with Gasteiger partial charge in [0.2, 0.25) is 11.8 Å². The largest absolute Gasteiger partial charge is 0.497 e. The molecule has 0 radical (unpaired) electrons. The highest BCUT2D eigenvalue weighted by atomic mass is 32.2. The van der Waals surface area contributed by atoms with Crippen molar-refractivity contribution in [1.82, 2.24) is 10.6 Å². The molecule has 10 heteroatoms. The molecule has 34 heavy (non-hydrogen) atoms. The number of rotatable bonds is 13. The molecule has 0 saturated carbocycles. The maximum atomic E-state index is 12.7. The molecule has 0 aromatic heterocycles. The van der Waals surface area contributed by atoms with Crippen LogP contribution in [0.25, 0.3) is 0 Å². The van der Waals surface area contributed by atoms with Crippen LogP contribution in [0.5, 0.6) is 17.2 Å². The molecule has 0 bridgehead atoms. The third-order valence-corrected chi connectivity index (χ3v) is 5.55. The van der Waals surface area contributed by atoms with Crippen LogP contribution in [0, 0.1) is 0 Å². The van der Waals surface area contributed by atoms with Crippen LogP contribution in [-0.2, 0) is 9.59 Å². The van der Waals surface area contributed by atoms with Gasteiger partial charge in [-0.3, -0.25) is 14.4 Å². The first-order valence-corrected chi connectivity index (χ1v) is 12.0. The van der Waals surface area contributed by atoms with E-state index in [0.29, 0.717) is 40.7 Å². The lowest BCUT2D eigenvalue weighted by molar-refractivity contribution is -0.126. The first-order chi connectivity index (χ1) is 16.4. The first kappa shape index (κ1) is 26.8. The second-order valence-corrected chi connectivity index (χ2v) is 8.18. The van der Waals surface area contributed by atoms with Gasteiger partial charge in [0.1, 0.15) is 11.8 Å². The van der Waals surface area contributed by atoms with Crippen molar-refractivity contribution in [2.45, 2.75) is 18.9 Å². The summed E-state index contributed by atoms with van der Waals surface area (Å²) in [4.78, 5) is 37.6. The van der Waals surface area contributed by atoms with Gasteiger partial charge in [-0.05, 0) is 60.9 Å². The van der Waals surface area contributed by atoms with Gasteiger partial charge in [-0.1, -0.05) is 0 Å². The third-order valence-electron chi connectivity index (χ3n) is 4.90. The molecule has 0 spiro atoms. The van der Waals surface area contributed by atoms with E-state index in [1.165, 1.54) is 14.2 Å². The molecule has 3 N–H and O–H groups in total. The number of ether oxygens (including phenoxy) is 3. The molecular weight excluding hydrogens is 458 g/mol. The fourth-order valence-corrected chi connectivity index (χ4v) is 3.52. The van der Waals surface area contributed by atoms with Gasteiger partial charge in [-0.2, -0.15) is 11.8 Å².